The summed E-state index contributed by atoms with van der Waals surface area (Å²) >= 11 is 1.79. The van der Waals surface area contributed by atoms with Crippen molar-refractivity contribution in [2.75, 3.05) is 6.54 Å². The Bertz CT molecular complexity index is 269. The quantitative estimate of drug-likeness (QED) is 0.691. The smallest absolute Gasteiger partial charge is 0.132 e. The molecule has 0 spiro atoms. The highest BCUT2D eigenvalue weighted by atomic mass is 32.1. The van der Waals surface area contributed by atoms with Crippen LogP contribution < -0.4 is 5.73 Å². The maximum absolute atomic E-state index is 11.3. The molecule has 2 nitrogen and oxygen atoms in total. The maximum Gasteiger partial charge on any atom is 0.132 e. The molecule has 1 aromatic rings. The van der Waals surface area contributed by atoms with Crippen LogP contribution in [0.15, 0.2) is 17.5 Å². The molecule has 0 aromatic carbocycles. The van der Waals surface area contributed by atoms with Crippen LogP contribution in [0.5, 0.6) is 0 Å². The van der Waals surface area contributed by atoms with Crippen molar-refractivity contribution in [2.45, 2.75) is 38.5 Å². The Morgan fingerprint density at radius 3 is 2.73 bits per heavy atom. The highest BCUT2D eigenvalue weighted by Gasteiger charge is 2.01. The van der Waals surface area contributed by atoms with Crippen molar-refractivity contribution >= 4 is 17.1 Å². The summed E-state index contributed by atoms with van der Waals surface area (Å²) in [5.41, 5.74) is 5.34. The van der Waals surface area contributed by atoms with E-state index in [4.69, 9.17) is 5.73 Å². The third-order valence-corrected chi connectivity index (χ3v) is 3.30. The first kappa shape index (κ1) is 12.4. The van der Waals surface area contributed by atoms with Gasteiger partial charge >= 0.3 is 0 Å². The Labute approximate surface area is 95.5 Å². The minimum Gasteiger partial charge on any atom is -0.330 e. The van der Waals surface area contributed by atoms with Gasteiger partial charge in [0.25, 0.3) is 0 Å². The van der Waals surface area contributed by atoms with E-state index in [-0.39, 0.29) is 0 Å². The van der Waals surface area contributed by atoms with E-state index in [1.54, 1.807) is 11.3 Å². The molecule has 0 fully saturated rings. The van der Waals surface area contributed by atoms with Crippen molar-refractivity contribution in [3.05, 3.63) is 22.4 Å². The van der Waals surface area contributed by atoms with E-state index < -0.39 is 0 Å². The van der Waals surface area contributed by atoms with E-state index in [2.05, 4.69) is 17.5 Å². The minimum atomic E-state index is 0.367. The van der Waals surface area contributed by atoms with Gasteiger partial charge in [-0.3, -0.25) is 4.79 Å². The zero-order valence-corrected chi connectivity index (χ0v) is 9.89. The number of hydrogen-bond acceptors (Lipinski definition) is 3. The molecular weight excluding hydrogens is 206 g/mol. The van der Waals surface area contributed by atoms with Gasteiger partial charge in [-0.15, -0.1) is 11.3 Å². The molecule has 0 bridgehead atoms. The summed E-state index contributed by atoms with van der Waals surface area (Å²) in [5, 5.41) is 2.10. The number of thiophene rings is 1. The van der Waals surface area contributed by atoms with Crippen LogP contribution in [0.3, 0.4) is 0 Å². The van der Waals surface area contributed by atoms with Crippen LogP contribution in [0.1, 0.15) is 37.0 Å². The molecule has 0 saturated carbocycles. The van der Waals surface area contributed by atoms with Crippen LogP contribution in [-0.2, 0) is 11.2 Å². The van der Waals surface area contributed by atoms with Gasteiger partial charge in [0.05, 0.1) is 0 Å². The third-order valence-electron chi connectivity index (χ3n) is 2.37. The fourth-order valence-electron chi connectivity index (χ4n) is 1.50. The number of Topliss-reactive ketones (excluding diaryl/α,β-unsaturated/α-hetero) is 1. The summed E-state index contributed by atoms with van der Waals surface area (Å²) < 4.78 is 0. The first-order valence-electron chi connectivity index (χ1n) is 5.57. The predicted molar refractivity (Wildman–Crippen MR) is 65.2 cm³/mol. The zero-order valence-electron chi connectivity index (χ0n) is 9.08. The standard InChI is InChI=1S/C12H19NOS/c13-9-3-6-11(14)5-1-2-7-12-8-4-10-15-12/h4,8,10H,1-3,5-7,9,13H2. The molecule has 1 rings (SSSR count). The molecule has 0 saturated heterocycles. The molecule has 2 N–H and O–H groups in total. The molecule has 3 heteroatoms. The molecule has 0 aliphatic heterocycles. The largest absolute Gasteiger partial charge is 0.330 e. The number of unbranched alkanes of at least 4 members (excludes halogenated alkanes) is 1. The van der Waals surface area contributed by atoms with Crippen LogP contribution in [0.25, 0.3) is 0 Å². The number of carbonyl (C=O) groups excluding carboxylic acids is 1. The number of nitrogens with two attached hydrogens (primary N) is 1. The summed E-state index contributed by atoms with van der Waals surface area (Å²) in [7, 11) is 0. The second-order valence-electron chi connectivity index (χ2n) is 3.72. The van der Waals surface area contributed by atoms with Crippen LogP contribution in [0.2, 0.25) is 0 Å². The van der Waals surface area contributed by atoms with Gasteiger partial charge in [0.2, 0.25) is 0 Å². The Kier molecular flexibility index (Phi) is 6.28. The molecule has 1 aromatic heterocycles. The van der Waals surface area contributed by atoms with Crippen molar-refractivity contribution in [2.24, 2.45) is 5.73 Å². The van der Waals surface area contributed by atoms with E-state index >= 15 is 0 Å². The molecule has 0 amide bonds. The molecule has 0 unspecified atom stereocenters. The van der Waals surface area contributed by atoms with Crippen molar-refractivity contribution < 1.29 is 4.79 Å². The van der Waals surface area contributed by atoms with Crippen molar-refractivity contribution in [3.8, 4) is 0 Å². The number of aryl methyl sites for hydroxylation is 1. The first-order chi connectivity index (χ1) is 7.33. The van der Waals surface area contributed by atoms with Gasteiger partial charge < -0.3 is 5.73 Å². The predicted octanol–water partition coefficient (Wildman–Crippen LogP) is 2.77. The Hall–Kier alpha value is -0.670. The summed E-state index contributed by atoms with van der Waals surface area (Å²) in [6, 6.07) is 4.23. The Balaban J connectivity index is 1.99. The van der Waals surface area contributed by atoms with E-state index in [9.17, 15) is 4.79 Å². The molecule has 0 radical (unpaired) electrons. The number of hydrogen-bond donors (Lipinski definition) is 1. The minimum absolute atomic E-state index is 0.367. The fourth-order valence-corrected chi connectivity index (χ4v) is 2.25. The van der Waals surface area contributed by atoms with E-state index in [1.807, 2.05) is 0 Å². The van der Waals surface area contributed by atoms with Gasteiger partial charge in [0.1, 0.15) is 5.78 Å². The number of carbonyl (C=O) groups is 1. The molecule has 0 atom stereocenters. The average Bonchev–Trinajstić information content (AvgIpc) is 2.74. The molecule has 15 heavy (non-hydrogen) atoms. The van der Waals surface area contributed by atoms with Crippen molar-refractivity contribution in [3.63, 3.8) is 0 Å². The third kappa shape index (κ3) is 5.70. The molecular formula is C12H19NOS. The first-order valence-corrected chi connectivity index (χ1v) is 6.45. The van der Waals surface area contributed by atoms with Gasteiger partial charge in [-0.1, -0.05) is 6.07 Å². The van der Waals surface area contributed by atoms with Gasteiger partial charge in [0.15, 0.2) is 0 Å². The second kappa shape index (κ2) is 7.60. The number of ketones is 1. The second-order valence-corrected chi connectivity index (χ2v) is 4.75. The summed E-state index contributed by atoms with van der Waals surface area (Å²) in [4.78, 5) is 12.7. The van der Waals surface area contributed by atoms with Crippen molar-refractivity contribution in [1.29, 1.82) is 0 Å². The molecule has 84 valence electrons. The van der Waals surface area contributed by atoms with Crippen molar-refractivity contribution in [1.82, 2.24) is 0 Å². The lowest BCUT2D eigenvalue weighted by Gasteiger charge is -1.99. The van der Waals surface area contributed by atoms with Crippen LogP contribution >= 0.6 is 11.3 Å². The maximum atomic E-state index is 11.3. The summed E-state index contributed by atoms with van der Waals surface area (Å²) in [5.74, 6) is 0.367. The molecule has 1 heterocycles. The Morgan fingerprint density at radius 1 is 1.27 bits per heavy atom. The monoisotopic (exact) mass is 225 g/mol. The highest BCUT2D eigenvalue weighted by Crippen LogP contribution is 2.13. The topological polar surface area (TPSA) is 43.1 Å². The van der Waals surface area contributed by atoms with Gasteiger partial charge in [-0.25, -0.2) is 0 Å². The Morgan fingerprint density at radius 2 is 2.07 bits per heavy atom. The average molecular weight is 225 g/mol. The van der Waals surface area contributed by atoms with E-state index in [0.29, 0.717) is 18.7 Å². The van der Waals surface area contributed by atoms with Gasteiger partial charge in [-0.05, 0) is 43.7 Å². The van der Waals surface area contributed by atoms with Gasteiger partial charge in [0, 0.05) is 17.7 Å². The van der Waals surface area contributed by atoms with Gasteiger partial charge in [-0.2, -0.15) is 0 Å². The van der Waals surface area contributed by atoms with Crippen LogP contribution in [0, 0.1) is 0 Å². The lowest BCUT2D eigenvalue weighted by atomic mass is 10.1. The lowest BCUT2D eigenvalue weighted by Crippen LogP contribution is -2.04. The molecule has 0 aliphatic carbocycles. The van der Waals surface area contributed by atoms with Crippen LogP contribution in [-0.4, -0.2) is 12.3 Å². The normalized spacial score (nSPS) is 10.5. The van der Waals surface area contributed by atoms with Crippen LogP contribution in [0.4, 0.5) is 0 Å². The summed E-state index contributed by atoms with van der Waals surface area (Å²) in [6.45, 7) is 0.626. The highest BCUT2D eigenvalue weighted by molar-refractivity contribution is 7.09. The summed E-state index contributed by atoms with van der Waals surface area (Å²) in [6.07, 6.45) is 5.47. The van der Waals surface area contributed by atoms with E-state index in [0.717, 1.165) is 32.1 Å². The lowest BCUT2D eigenvalue weighted by molar-refractivity contribution is -0.119. The fraction of sp³-hybridized carbons (Fsp3) is 0.583. The van der Waals surface area contributed by atoms with E-state index in [1.165, 1.54) is 4.88 Å². The number of rotatable bonds is 8. The zero-order chi connectivity index (χ0) is 10.9. The SMILES string of the molecule is NCCCC(=O)CCCCc1cccs1. The molecule has 0 aliphatic rings.